The molecule has 0 atom stereocenters. The molecule has 6 nitrogen and oxygen atoms in total. The van der Waals surface area contributed by atoms with Crippen molar-refractivity contribution in [2.75, 3.05) is 18.0 Å². The van der Waals surface area contributed by atoms with Crippen LogP contribution in [0.3, 0.4) is 0 Å². The Morgan fingerprint density at radius 2 is 1.48 bits per heavy atom. The molecule has 2 heterocycles. The van der Waals surface area contributed by atoms with Crippen LogP contribution in [0.4, 0.5) is 6.01 Å². The lowest BCUT2D eigenvalue weighted by Gasteiger charge is -2.35. The highest BCUT2D eigenvalue weighted by atomic mass is 16.5. The molecule has 0 bridgehead atoms. The van der Waals surface area contributed by atoms with Crippen molar-refractivity contribution in [1.82, 2.24) is 4.98 Å². The fraction of sp³-hybridized carbons (Fsp3) is 0.120. The van der Waals surface area contributed by atoms with Gasteiger partial charge in [0.05, 0.1) is 5.92 Å². The molecule has 1 N–H and O–H groups in total. The minimum Gasteiger partial charge on any atom is -0.481 e. The molecule has 0 saturated carbocycles. The molecule has 6 heteroatoms. The van der Waals surface area contributed by atoms with Crippen LogP contribution < -0.4 is 9.64 Å². The van der Waals surface area contributed by atoms with Gasteiger partial charge in [0.25, 0.3) is 6.01 Å². The summed E-state index contributed by atoms with van der Waals surface area (Å²) in [7, 11) is 0. The molecule has 3 aromatic carbocycles. The number of carboxylic acids is 1. The molecule has 1 aliphatic rings. The molecular weight excluding hydrogens is 392 g/mol. The van der Waals surface area contributed by atoms with Crippen LogP contribution in [0.2, 0.25) is 0 Å². The first kappa shape index (κ1) is 18.9. The first-order chi connectivity index (χ1) is 15.2. The number of aliphatic carboxylic acids is 1. The van der Waals surface area contributed by atoms with Gasteiger partial charge in [-0.1, -0.05) is 48.5 Å². The topological polar surface area (TPSA) is 75.8 Å². The third-order valence-corrected chi connectivity index (χ3v) is 5.26. The summed E-state index contributed by atoms with van der Waals surface area (Å²) < 4.78 is 12.0. The van der Waals surface area contributed by atoms with Gasteiger partial charge in [-0.05, 0) is 36.4 Å². The van der Waals surface area contributed by atoms with Gasteiger partial charge >= 0.3 is 5.97 Å². The fourth-order valence-corrected chi connectivity index (χ4v) is 3.52. The normalized spacial score (nSPS) is 13.6. The number of para-hydroxylation sites is 1. The van der Waals surface area contributed by atoms with Crippen LogP contribution in [0.5, 0.6) is 11.5 Å². The molecule has 1 aromatic heterocycles. The highest BCUT2D eigenvalue weighted by molar-refractivity contribution is 5.79. The number of carbonyl (C=O) groups is 1. The maximum Gasteiger partial charge on any atom is 0.310 e. The van der Waals surface area contributed by atoms with Crippen molar-refractivity contribution in [2.24, 2.45) is 5.92 Å². The van der Waals surface area contributed by atoms with E-state index >= 15 is 0 Å². The van der Waals surface area contributed by atoms with Crippen molar-refractivity contribution in [3.63, 3.8) is 0 Å². The molecule has 1 saturated heterocycles. The van der Waals surface area contributed by atoms with E-state index in [4.69, 9.17) is 19.2 Å². The predicted octanol–water partition coefficient (Wildman–Crippen LogP) is 5.32. The Balaban J connectivity index is 1.45. The molecule has 0 unspecified atom stereocenters. The predicted molar refractivity (Wildman–Crippen MR) is 117 cm³/mol. The van der Waals surface area contributed by atoms with Crippen LogP contribution >= 0.6 is 0 Å². The molecule has 31 heavy (non-hydrogen) atoms. The Kier molecular flexibility index (Phi) is 4.88. The van der Waals surface area contributed by atoms with Gasteiger partial charge in [0, 0.05) is 24.2 Å². The number of nitrogens with zero attached hydrogens (tertiary/aromatic N) is 2. The lowest BCUT2D eigenvalue weighted by atomic mass is 10.0. The summed E-state index contributed by atoms with van der Waals surface area (Å²) in [4.78, 5) is 17.7. The Hall–Kier alpha value is -4.06. The van der Waals surface area contributed by atoms with E-state index in [9.17, 15) is 4.79 Å². The third kappa shape index (κ3) is 3.88. The Labute approximate surface area is 179 Å². The zero-order chi connectivity index (χ0) is 21.2. The zero-order valence-corrected chi connectivity index (χ0v) is 16.6. The van der Waals surface area contributed by atoms with Crippen LogP contribution in [-0.2, 0) is 4.79 Å². The number of hydrogen-bond donors (Lipinski definition) is 1. The van der Waals surface area contributed by atoms with E-state index < -0.39 is 5.97 Å². The minimum absolute atomic E-state index is 0.384. The molecule has 0 spiro atoms. The van der Waals surface area contributed by atoms with Crippen LogP contribution in [-0.4, -0.2) is 29.1 Å². The first-order valence-corrected chi connectivity index (χ1v) is 10.0. The summed E-state index contributed by atoms with van der Waals surface area (Å²) in [5.74, 6) is 0.984. The SMILES string of the molecule is O=C(O)C1CN(c2nc(-c3ccc(Oc4ccccc4)cc3)c(-c3ccccc3)o2)C1. The van der Waals surface area contributed by atoms with Gasteiger partial charge in [0.15, 0.2) is 5.76 Å². The number of anilines is 1. The number of aromatic nitrogens is 1. The van der Waals surface area contributed by atoms with E-state index in [0.29, 0.717) is 30.6 Å². The molecule has 154 valence electrons. The van der Waals surface area contributed by atoms with Crippen LogP contribution in [0.25, 0.3) is 22.6 Å². The van der Waals surface area contributed by atoms with Gasteiger partial charge in [-0.2, -0.15) is 4.98 Å². The molecule has 0 radical (unpaired) electrons. The molecule has 0 aliphatic carbocycles. The Morgan fingerprint density at radius 3 is 2.13 bits per heavy atom. The summed E-state index contributed by atoms with van der Waals surface area (Å²) in [5.41, 5.74) is 2.52. The molecular formula is C25H20N2O4. The van der Waals surface area contributed by atoms with Crippen molar-refractivity contribution < 1.29 is 19.1 Å². The summed E-state index contributed by atoms with van der Waals surface area (Å²) in [5, 5.41) is 9.16. The quantitative estimate of drug-likeness (QED) is 0.462. The second kappa shape index (κ2) is 7.99. The lowest BCUT2D eigenvalue weighted by molar-refractivity contribution is -0.142. The van der Waals surface area contributed by atoms with Gasteiger partial charge in [-0.25, -0.2) is 0 Å². The summed E-state index contributed by atoms with van der Waals surface area (Å²) in [6.45, 7) is 0.792. The van der Waals surface area contributed by atoms with E-state index in [-0.39, 0.29) is 5.92 Å². The fourth-order valence-electron chi connectivity index (χ4n) is 3.52. The van der Waals surface area contributed by atoms with E-state index in [1.165, 1.54) is 0 Å². The average Bonchev–Trinajstić information content (AvgIpc) is 3.19. The summed E-state index contributed by atoms with van der Waals surface area (Å²) >= 11 is 0. The maximum atomic E-state index is 11.1. The van der Waals surface area contributed by atoms with Crippen molar-refractivity contribution >= 4 is 12.0 Å². The largest absolute Gasteiger partial charge is 0.481 e. The monoisotopic (exact) mass is 412 g/mol. The second-order valence-electron chi connectivity index (χ2n) is 7.42. The highest BCUT2D eigenvalue weighted by Crippen LogP contribution is 2.38. The van der Waals surface area contributed by atoms with E-state index in [1.807, 2.05) is 89.8 Å². The highest BCUT2D eigenvalue weighted by Gasteiger charge is 2.36. The van der Waals surface area contributed by atoms with Crippen molar-refractivity contribution in [3.05, 3.63) is 84.9 Å². The van der Waals surface area contributed by atoms with E-state index in [2.05, 4.69) is 0 Å². The number of rotatable bonds is 6. The Bertz CT molecular complexity index is 1180. The number of benzene rings is 3. The number of ether oxygens (including phenoxy) is 1. The number of oxazole rings is 1. The number of carboxylic acid groups (broad SMARTS) is 1. The molecule has 1 fully saturated rings. The number of hydrogen-bond acceptors (Lipinski definition) is 5. The molecule has 5 rings (SSSR count). The standard InChI is InChI=1S/C25H20N2O4/c28-24(29)19-15-27(16-19)25-26-22(23(31-25)18-7-3-1-4-8-18)17-11-13-21(14-12-17)30-20-9-5-2-6-10-20/h1-14,19H,15-16H2,(H,28,29). The molecule has 4 aromatic rings. The minimum atomic E-state index is -0.791. The van der Waals surface area contributed by atoms with Crippen LogP contribution in [0.15, 0.2) is 89.3 Å². The Morgan fingerprint density at radius 1 is 0.871 bits per heavy atom. The molecule has 1 aliphatic heterocycles. The van der Waals surface area contributed by atoms with Gasteiger partial charge in [0.2, 0.25) is 0 Å². The van der Waals surface area contributed by atoms with Gasteiger partial charge < -0.3 is 19.2 Å². The average molecular weight is 412 g/mol. The van der Waals surface area contributed by atoms with E-state index in [1.54, 1.807) is 0 Å². The zero-order valence-electron chi connectivity index (χ0n) is 16.6. The van der Waals surface area contributed by atoms with Gasteiger partial charge in [-0.3, -0.25) is 4.79 Å². The van der Waals surface area contributed by atoms with Crippen molar-refractivity contribution in [2.45, 2.75) is 0 Å². The van der Waals surface area contributed by atoms with Gasteiger partial charge in [-0.15, -0.1) is 0 Å². The van der Waals surface area contributed by atoms with Crippen LogP contribution in [0.1, 0.15) is 0 Å². The third-order valence-electron chi connectivity index (χ3n) is 5.26. The van der Waals surface area contributed by atoms with Crippen LogP contribution in [0, 0.1) is 5.92 Å². The van der Waals surface area contributed by atoms with Gasteiger partial charge in [0.1, 0.15) is 17.2 Å². The van der Waals surface area contributed by atoms with Crippen molar-refractivity contribution in [1.29, 1.82) is 0 Å². The second-order valence-corrected chi connectivity index (χ2v) is 7.42. The van der Waals surface area contributed by atoms with E-state index in [0.717, 1.165) is 22.6 Å². The maximum absolute atomic E-state index is 11.1. The summed E-state index contributed by atoms with van der Waals surface area (Å²) in [6.07, 6.45) is 0. The smallest absolute Gasteiger partial charge is 0.310 e. The van der Waals surface area contributed by atoms with Crippen molar-refractivity contribution in [3.8, 4) is 34.1 Å². The molecule has 0 amide bonds. The summed E-state index contributed by atoms with van der Waals surface area (Å²) in [6, 6.07) is 27.5. The lowest BCUT2D eigenvalue weighted by Crippen LogP contribution is -2.50. The first-order valence-electron chi connectivity index (χ1n) is 10.0.